The van der Waals surface area contributed by atoms with Crippen molar-refractivity contribution >= 4 is 17.4 Å². The first-order valence-electron chi connectivity index (χ1n) is 8.73. The number of rotatable bonds is 6. The first kappa shape index (κ1) is 18.8. The van der Waals surface area contributed by atoms with Crippen molar-refractivity contribution in [3.63, 3.8) is 0 Å². The predicted octanol–water partition coefficient (Wildman–Crippen LogP) is 3.51. The molecule has 1 aromatic carbocycles. The number of aliphatic hydroxyl groups is 1. The van der Waals surface area contributed by atoms with E-state index >= 15 is 0 Å². The number of ether oxygens (including phenoxy) is 2. The SMILES string of the molecule is CCOc1ccc(Cc2cc([C@H]3CC(=O)C[C@@H](CO)O3)ccc2Cl)cn1. The number of halogens is 1. The van der Waals surface area contributed by atoms with Crippen molar-refractivity contribution in [1.29, 1.82) is 0 Å². The van der Waals surface area contributed by atoms with Crippen LogP contribution < -0.4 is 4.74 Å². The second-order valence-corrected chi connectivity index (χ2v) is 6.75. The fourth-order valence-corrected chi connectivity index (χ4v) is 3.26. The van der Waals surface area contributed by atoms with E-state index in [-0.39, 0.29) is 24.9 Å². The van der Waals surface area contributed by atoms with Gasteiger partial charge in [0.05, 0.1) is 25.4 Å². The lowest BCUT2D eigenvalue weighted by molar-refractivity contribution is -0.139. The number of benzene rings is 1. The number of carbonyl (C=O) groups excluding carboxylic acids is 1. The second-order valence-electron chi connectivity index (χ2n) is 6.34. The van der Waals surface area contributed by atoms with Crippen LogP contribution in [0, 0.1) is 0 Å². The third-order valence-corrected chi connectivity index (χ3v) is 4.72. The zero-order chi connectivity index (χ0) is 18.5. The summed E-state index contributed by atoms with van der Waals surface area (Å²) < 4.78 is 11.2. The van der Waals surface area contributed by atoms with Crippen molar-refractivity contribution in [2.45, 2.75) is 38.4 Å². The molecule has 1 fully saturated rings. The van der Waals surface area contributed by atoms with Crippen molar-refractivity contribution in [1.82, 2.24) is 4.98 Å². The summed E-state index contributed by atoms with van der Waals surface area (Å²) in [6.45, 7) is 2.34. The lowest BCUT2D eigenvalue weighted by Gasteiger charge is -2.28. The molecule has 1 saturated heterocycles. The quantitative estimate of drug-likeness (QED) is 0.836. The van der Waals surface area contributed by atoms with Crippen molar-refractivity contribution in [3.8, 4) is 5.88 Å². The molecule has 0 radical (unpaired) electrons. The van der Waals surface area contributed by atoms with E-state index < -0.39 is 6.10 Å². The minimum absolute atomic E-state index is 0.104. The maximum Gasteiger partial charge on any atom is 0.213 e. The van der Waals surface area contributed by atoms with E-state index in [0.29, 0.717) is 30.4 Å². The lowest BCUT2D eigenvalue weighted by atomic mass is 9.95. The van der Waals surface area contributed by atoms with Crippen LogP contribution in [0.1, 0.15) is 42.6 Å². The maximum absolute atomic E-state index is 11.9. The normalized spacial score (nSPS) is 20.2. The minimum Gasteiger partial charge on any atom is -0.478 e. The standard InChI is InChI=1S/C20H22ClNO4/c1-2-25-20-6-3-13(11-22-20)7-15-8-14(4-5-18(15)21)19-10-16(24)9-17(12-23)26-19/h3-6,8,11,17,19,23H,2,7,9-10,12H2,1H3/t17-,19+/m0/s1. The second kappa shape index (κ2) is 8.62. The van der Waals surface area contributed by atoms with Crippen LogP contribution in [-0.2, 0) is 16.0 Å². The van der Waals surface area contributed by atoms with Gasteiger partial charge in [0, 0.05) is 36.5 Å². The summed E-state index contributed by atoms with van der Waals surface area (Å²) in [5, 5.41) is 9.97. The molecule has 3 rings (SSSR count). The van der Waals surface area contributed by atoms with E-state index in [0.717, 1.165) is 16.7 Å². The molecule has 26 heavy (non-hydrogen) atoms. The highest BCUT2D eigenvalue weighted by atomic mass is 35.5. The first-order valence-corrected chi connectivity index (χ1v) is 9.11. The Morgan fingerprint density at radius 1 is 1.31 bits per heavy atom. The Morgan fingerprint density at radius 2 is 2.15 bits per heavy atom. The van der Waals surface area contributed by atoms with E-state index in [4.69, 9.17) is 21.1 Å². The van der Waals surface area contributed by atoms with Gasteiger partial charge in [-0.1, -0.05) is 29.8 Å². The monoisotopic (exact) mass is 375 g/mol. The molecule has 1 aliphatic rings. The molecule has 1 aliphatic heterocycles. The minimum atomic E-state index is -0.435. The fourth-order valence-electron chi connectivity index (χ4n) is 3.08. The summed E-state index contributed by atoms with van der Waals surface area (Å²) in [5.41, 5.74) is 2.86. The van der Waals surface area contributed by atoms with Gasteiger partial charge in [0.2, 0.25) is 5.88 Å². The average molecular weight is 376 g/mol. The van der Waals surface area contributed by atoms with Crippen molar-refractivity contribution in [3.05, 3.63) is 58.2 Å². The summed E-state index contributed by atoms with van der Waals surface area (Å²) in [6, 6.07) is 9.47. The summed E-state index contributed by atoms with van der Waals surface area (Å²) in [4.78, 5) is 16.2. The number of pyridine rings is 1. The number of ketones is 1. The number of Topliss-reactive ketones (excluding diaryl/α,β-unsaturated/α-hetero) is 1. The molecule has 0 unspecified atom stereocenters. The summed E-state index contributed by atoms with van der Waals surface area (Å²) in [5.74, 6) is 0.702. The molecule has 0 spiro atoms. The summed E-state index contributed by atoms with van der Waals surface area (Å²) in [6.07, 6.45) is 2.21. The van der Waals surface area contributed by atoms with Gasteiger partial charge < -0.3 is 14.6 Å². The topological polar surface area (TPSA) is 68.7 Å². The molecule has 0 aliphatic carbocycles. The largest absolute Gasteiger partial charge is 0.478 e. The molecule has 0 saturated carbocycles. The highest BCUT2D eigenvalue weighted by molar-refractivity contribution is 6.31. The Hall–Kier alpha value is -1.95. The van der Waals surface area contributed by atoms with Crippen LogP contribution in [-0.4, -0.2) is 35.2 Å². The Morgan fingerprint density at radius 3 is 2.85 bits per heavy atom. The molecule has 2 atom stereocenters. The number of hydrogen-bond acceptors (Lipinski definition) is 5. The van der Waals surface area contributed by atoms with E-state index in [1.54, 1.807) is 6.20 Å². The number of carbonyl (C=O) groups is 1. The molecule has 2 aromatic rings. The molecule has 1 aromatic heterocycles. The average Bonchev–Trinajstić information content (AvgIpc) is 2.64. The zero-order valence-corrected chi connectivity index (χ0v) is 15.4. The predicted molar refractivity (Wildman–Crippen MR) is 98.6 cm³/mol. The number of aromatic nitrogens is 1. The van der Waals surface area contributed by atoms with E-state index in [9.17, 15) is 9.90 Å². The third kappa shape index (κ3) is 4.61. The molecule has 6 heteroatoms. The molecule has 0 amide bonds. The van der Waals surface area contributed by atoms with Crippen LogP contribution in [0.2, 0.25) is 5.02 Å². The number of nitrogens with zero attached hydrogens (tertiary/aromatic N) is 1. The van der Waals surface area contributed by atoms with Gasteiger partial charge in [0.1, 0.15) is 5.78 Å². The molecule has 2 heterocycles. The van der Waals surface area contributed by atoms with Crippen LogP contribution in [0.15, 0.2) is 36.5 Å². The van der Waals surface area contributed by atoms with Crippen molar-refractivity contribution < 1.29 is 19.4 Å². The van der Waals surface area contributed by atoms with Crippen LogP contribution in [0.5, 0.6) is 5.88 Å². The van der Waals surface area contributed by atoms with Gasteiger partial charge in [0.15, 0.2) is 0 Å². The first-order chi connectivity index (χ1) is 12.6. The number of aliphatic hydroxyl groups excluding tert-OH is 1. The van der Waals surface area contributed by atoms with E-state index in [1.165, 1.54) is 0 Å². The summed E-state index contributed by atoms with van der Waals surface area (Å²) in [7, 11) is 0. The van der Waals surface area contributed by atoms with Crippen LogP contribution in [0.4, 0.5) is 0 Å². The van der Waals surface area contributed by atoms with Crippen LogP contribution in [0.3, 0.4) is 0 Å². The van der Waals surface area contributed by atoms with E-state index in [1.807, 2.05) is 37.3 Å². The van der Waals surface area contributed by atoms with Crippen molar-refractivity contribution in [2.24, 2.45) is 0 Å². The van der Waals surface area contributed by atoms with Crippen LogP contribution in [0.25, 0.3) is 0 Å². The van der Waals surface area contributed by atoms with Gasteiger partial charge in [-0.3, -0.25) is 4.79 Å². The van der Waals surface area contributed by atoms with Gasteiger partial charge in [-0.05, 0) is 29.7 Å². The van der Waals surface area contributed by atoms with Crippen molar-refractivity contribution in [2.75, 3.05) is 13.2 Å². The molecule has 1 N–H and O–H groups in total. The summed E-state index contributed by atoms with van der Waals surface area (Å²) >= 11 is 6.36. The number of hydrogen-bond donors (Lipinski definition) is 1. The van der Waals surface area contributed by atoms with Gasteiger partial charge in [0.25, 0.3) is 0 Å². The lowest BCUT2D eigenvalue weighted by Crippen LogP contribution is -2.30. The Labute approximate surface area is 157 Å². The van der Waals surface area contributed by atoms with Gasteiger partial charge >= 0.3 is 0 Å². The molecular formula is C20H22ClNO4. The highest BCUT2D eigenvalue weighted by Gasteiger charge is 2.28. The van der Waals surface area contributed by atoms with Crippen LogP contribution >= 0.6 is 11.6 Å². The van der Waals surface area contributed by atoms with Gasteiger partial charge in [-0.25, -0.2) is 4.98 Å². The van der Waals surface area contributed by atoms with E-state index in [2.05, 4.69) is 4.98 Å². The Balaban J connectivity index is 1.78. The van der Waals surface area contributed by atoms with Gasteiger partial charge in [-0.15, -0.1) is 0 Å². The van der Waals surface area contributed by atoms with Gasteiger partial charge in [-0.2, -0.15) is 0 Å². The highest BCUT2D eigenvalue weighted by Crippen LogP contribution is 2.32. The third-order valence-electron chi connectivity index (χ3n) is 4.35. The smallest absolute Gasteiger partial charge is 0.213 e. The molecule has 138 valence electrons. The maximum atomic E-state index is 11.9. The Bertz CT molecular complexity index is 763. The fraction of sp³-hybridized carbons (Fsp3) is 0.400. The molecule has 0 bridgehead atoms. The molecule has 5 nitrogen and oxygen atoms in total. The Kier molecular flexibility index (Phi) is 6.25. The molecular weight excluding hydrogens is 354 g/mol. The zero-order valence-electron chi connectivity index (χ0n) is 14.7.